The Labute approximate surface area is 154 Å². The molecule has 0 radical (unpaired) electrons. The standard InChI is InChI=1S/C22H16O5/c1-12-8-19-15(10-18(12)27-22(24)13-6-7-13)16(11-21(23)26-19)20-9-14-4-2-3-5-17(14)25-20/h2-5,8-11,13H,6-7H2,1H3. The predicted octanol–water partition coefficient (Wildman–Crippen LogP) is 4.83. The van der Waals surface area contributed by atoms with Gasteiger partial charge in [-0.25, -0.2) is 4.79 Å². The lowest BCUT2D eigenvalue weighted by Crippen LogP contribution is -2.10. The molecule has 0 N–H and O–H groups in total. The van der Waals surface area contributed by atoms with Crippen LogP contribution in [0, 0.1) is 12.8 Å². The van der Waals surface area contributed by atoms with E-state index in [2.05, 4.69) is 0 Å². The largest absolute Gasteiger partial charge is 0.456 e. The number of benzene rings is 2. The summed E-state index contributed by atoms with van der Waals surface area (Å²) in [5.74, 6) is 0.840. The number of esters is 1. The fourth-order valence-electron chi connectivity index (χ4n) is 3.23. The van der Waals surface area contributed by atoms with Crippen molar-refractivity contribution in [2.45, 2.75) is 19.8 Å². The van der Waals surface area contributed by atoms with Gasteiger partial charge in [-0.2, -0.15) is 0 Å². The molecule has 0 unspecified atom stereocenters. The lowest BCUT2D eigenvalue weighted by Gasteiger charge is -2.10. The van der Waals surface area contributed by atoms with Crippen LogP contribution in [-0.4, -0.2) is 5.97 Å². The third-order valence-corrected chi connectivity index (χ3v) is 4.85. The minimum Gasteiger partial charge on any atom is -0.456 e. The summed E-state index contributed by atoms with van der Waals surface area (Å²) in [5, 5.41) is 1.61. The fraction of sp³-hybridized carbons (Fsp3) is 0.182. The number of rotatable bonds is 3. The molecule has 5 nitrogen and oxygen atoms in total. The van der Waals surface area contributed by atoms with E-state index in [1.807, 2.05) is 37.3 Å². The quantitative estimate of drug-likeness (QED) is 0.297. The summed E-state index contributed by atoms with van der Waals surface area (Å²) in [6.45, 7) is 1.82. The summed E-state index contributed by atoms with van der Waals surface area (Å²) < 4.78 is 16.9. The average Bonchev–Trinajstić information content (AvgIpc) is 3.41. The molecule has 1 fully saturated rings. The van der Waals surface area contributed by atoms with Gasteiger partial charge in [0.2, 0.25) is 0 Å². The Morgan fingerprint density at radius 1 is 1.04 bits per heavy atom. The molecule has 2 aromatic carbocycles. The zero-order valence-corrected chi connectivity index (χ0v) is 14.7. The first-order valence-electron chi connectivity index (χ1n) is 8.87. The van der Waals surface area contributed by atoms with Crippen LogP contribution < -0.4 is 10.4 Å². The van der Waals surface area contributed by atoms with E-state index in [1.54, 1.807) is 12.1 Å². The van der Waals surface area contributed by atoms with Gasteiger partial charge in [0.15, 0.2) is 0 Å². The van der Waals surface area contributed by atoms with Crippen LogP contribution >= 0.6 is 0 Å². The van der Waals surface area contributed by atoms with Crippen LogP contribution in [-0.2, 0) is 4.79 Å². The molecule has 5 heteroatoms. The second kappa shape index (κ2) is 5.84. The first kappa shape index (κ1) is 15.9. The zero-order chi connectivity index (χ0) is 18.5. The Bertz CT molecular complexity index is 1220. The first-order valence-corrected chi connectivity index (χ1v) is 8.87. The third kappa shape index (κ3) is 2.81. The Morgan fingerprint density at radius 3 is 2.63 bits per heavy atom. The summed E-state index contributed by atoms with van der Waals surface area (Å²) in [4.78, 5) is 24.1. The van der Waals surface area contributed by atoms with Crippen LogP contribution in [0.25, 0.3) is 33.3 Å². The topological polar surface area (TPSA) is 69.7 Å². The summed E-state index contributed by atoms with van der Waals surface area (Å²) in [7, 11) is 0. The minimum absolute atomic E-state index is 0.00338. The molecule has 0 amide bonds. The summed E-state index contributed by atoms with van der Waals surface area (Å²) in [6, 6.07) is 14.4. The number of ether oxygens (including phenoxy) is 1. The summed E-state index contributed by atoms with van der Waals surface area (Å²) in [5.41, 5.74) is 2.06. The Morgan fingerprint density at radius 2 is 1.85 bits per heavy atom. The molecule has 1 aliphatic rings. The van der Waals surface area contributed by atoms with E-state index in [0.717, 1.165) is 29.4 Å². The molecule has 2 heterocycles. The molecular formula is C22H16O5. The van der Waals surface area contributed by atoms with Gasteiger partial charge < -0.3 is 13.6 Å². The van der Waals surface area contributed by atoms with Crippen molar-refractivity contribution in [3.05, 3.63) is 64.5 Å². The van der Waals surface area contributed by atoms with Gasteiger partial charge in [-0.15, -0.1) is 0 Å². The van der Waals surface area contributed by atoms with E-state index in [0.29, 0.717) is 28.0 Å². The van der Waals surface area contributed by atoms with Crippen molar-refractivity contribution in [1.82, 2.24) is 0 Å². The van der Waals surface area contributed by atoms with Crippen molar-refractivity contribution in [1.29, 1.82) is 0 Å². The van der Waals surface area contributed by atoms with E-state index >= 15 is 0 Å². The summed E-state index contributed by atoms with van der Waals surface area (Å²) in [6.07, 6.45) is 1.76. The van der Waals surface area contributed by atoms with E-state index in [9.17, 15) is 9.59 Å². The van der Waals surface area contributed by atoms with Gasteiger partial charge in [0.25, 0.3) is 0 Å². The van der Waals surface area contributed by atoms with Crippen LogP contribution in [0.2, 0.25) is 0 Å². The van der Waals surface area contributed by atoms with Gasteiger partial charge in [-0.3, -0.25) is 4.79 Å². The first-order chi connectivity index (χ1) is 13.1. The Balaban J connectivity index is 1.70. The molecule has 1 aliphatic carbocycles. The smallest absolute Gasteiger partial charge is 0.336 e. The molecule has 4 aromatic rings. The van der Waals surface area contributed by atoms with Crippen molar-refractivity contribution in [2.24, 2.45) is 5.92 Å². The third-order valence-electron chi connectivity index (χ3n) is 4.85. The SMILES string of the molecule is Cc1cc2oc(=O)cc(-c3cc4ccccc4o3)c2cc1OC(=O)C1CC1. The number of hydrogen-bond acceptors (Lipinski definition) is 5. The lowest BCUT2D eigenvalue weighted by atomic mass is 10.0. The lowest BCUT2D eigenvalue weighted by molar-refractivity contribution is -0.135. The highest BCUT2D eigenvalue weighted by Gasteiger charge is 2.32. The highest BCUT2D eigenvalue weighted by Crippen LogP contribution is 2.36. The molecule has 134 valence electrons. The molecule has 5 rings (SSSR count). The second-order valence-corrected chi connectivity index (χ2v) is 6.94. The van der Waals surface area contributed by atoms with Gasteiger partial charge in [0, 0.05) is 22.4 Å². The van der Waals surface area contributed by atoms with Crippen molar-refractivity contribution in [3.8, 4) is 17.1 Å². The van der Waals surface area contributed by atoms with Crippen LogP contribution in [0.5, 0.6) is 5.75 Å². The molecule has 0 bridgehead atoms. The fourth-order valence-corrected chi connectivity index (χ4v) is 3.23. The molecule has 27 heavy (non-hydrogen) atoms. The van der Waals surface area contributed by atoms with Crippen LogP contribution in [0.1, 0.15) is 18.4 Å². The van der Waals surface area contributed by atoms with E-state index < -0.39 is 5.63 Å². The van der Waals surface area contributed by atoms with Crippen LogP contribution in [0.3, 0.4) is 0 Å². The van der Waals surface area contributed by atoms with E-state index in [4.69, 9.17) is 13.6 Å². The minimum atomic E-state index is -0.458. The Kier molecular flexibility index (Phi) is 3.44. The molecule has 0 atom stereocenters. The van der Waals surface area contributed by atoms with Crippen molar-refractivity contribution in [3.63, 3.8) is 0 Å². The number of carbonyl (C=O) groups excluding carboxylic acids is 1. The number of aryl methyl sites for hydroxylation is 1. The maximum absolute atomic E-state index is 12.1. The molecule has 0 spiro atoms. The number of hydrogen-bond donors (Lipinski definition) is 0. The number of para-hydroxylation sites is 1. The molecule has 1 saturated carbocycles. The van der Waals surface area contributed by atoms with Crippen LogP contribution in [0.15, 0.2) is 62.2 Å². The predicted molar refractivity (Wildman–Crippen MR) is 101 cm³/mol. The number of fused-ring (bicyclic) bond motifs is 2. The molecule has 2 aromatic heterocycles. The van der Waals surface area contributed by atoms with E-state index in [1.165, 1.54) is 6.07 Å². The maximum Gasteiger partial charge on any atom is 0.336 e. The van der Waals surface area contributed by atoms with Gasteiger partial charge in [0.1, 0.15) is 22.7 Å². The molecule has 0 saturated heterocycles. The van der Waals surface area contributed by atoms with Gasteiger partial charge in [-0.1, -0.05) is 18.2 Å². The Hall–Kier alpha value is -3.34. The molecular weight excluding hydrogens is 344 g/mol. The van der Waals surface area contributed by atoms with Crippen molar-refractivity contribution >= 4 is 27.9 Å². The van der Waals surface area contributed by atoms with Crippen molar-refractivity contribution in [2.75, 3.05) is 0 Å². The highest BCUT2D eigenvalue weighted by atomic mass is 16.5. The monoisotopic (exact) mass is 360 g/mol. The zero-order valence-electron chi connectivity index (χ0n) is 14.7. The molecule has 0 aliphatic heterocycles. The normalized spacial score (nSPS) is 14.0. The second-order valence-electron chi connectivity index (χ2n) is 6.94. The summed E-state index contributed by atoms with van der Waals surface area (Å²) >= 11 is 0. The average molecular weight is 360 g/mol. The highest BCUT2D eigenvalue weighted by molar-refractivity contribution is 5.96. The van der Waals surface area contributed by atoms with E-state index in [-0.39, 0.29) is 11.9 Å². The van der Waals surface area contributed by atoms with Crippen molar-refractivity contribution < 1.29 is 18.4 Å². The maximum atomic E-state index is 12.1. The number of furan rings is 1. The van der Waals surface area contributed by atoms with Gasteiger partial charge in [-0.05, 0) is 49.6 Å². The number of carbonyl (C=O) groups is 1. The van der Waals surface area contributed by atoms with Gasteiger partial charge >= 0.3 is 11.6 Å². The van der Waals surface area contributed by atoms with Crippen LogP contribution in [0.4, 0.5) is 0 Å². The van der Waals surface area contributed by atoms with Gasteiger partial charge in [0.05, 0.1) is 5.92 Å².